The van der Waals surface area contributed by atoms with Gasteiger partial charge < -0.3 is 0 Å². The first-order valence-corrected chi connectivity index (χ1v) is 6.43. The minimum atomic E-state index is -3.83. The number of hydrogen-bond donors (Lipinski definition) is 0. The molecule has 16 heavy (non-hydrogen) atoms. The van der Waals surface area contributed by atoms with Crippen molar-refractivity contribution in [2.45, 2.75) is 31.2 Å². The van der Waals surface area contributed by atoms with Crippen LogP contribution in [0.2, 0.25) is 0 Å². The van der Waals surface area contributed by atoms with Gasteiger partial charge >= 0.3 is 5.24 Å². The van der Waals surface area contributed by atoms with Crippen LogP contribution in [0.4, 0.5) is 10.5 Å². The summed E-state index contributed by atoms with van der Waals surface area (Å²) in [5.74, 6) is 0. The molecule has 1 amide bonds. The molecule has 0 fully saturated rings. The smallest absolute Gasteiger partial charge is 0.292 e. The molecule has 0 spiro atoms. The largest absolute Gasteiger partial charge is 0.348 e. The molecule has 0 saturated heterocycles. The zero-order chi connectivity index (χ0) is 12.1. The highest BCUT2D eigenvalue weighted by Crippen LogP contribution is 2.39. The van der Waals surface area contributed by atoms with Crippen LogP contribution in [-0.4, -0.2) is 19.2 Å². The van der Waals surface area contributed by atoms with Crippen LogP contribution >= 0.6 is 0 Å². The number of carbonyl (C=O) groups is 1. The van der Waals surface area contributed by atoms with Crippen LogP contribution in [0.1, 0.15) is 20.8 Å². The molecule has 4 nitrogen and oxygen atoms in total. The number of rotatable bonds is 0. The van der Waals surface area contributed by atoms with E-state index in [0.717, 1.165) is 0 Å². The van der Waals surface area contributed by atoms with Crippen LogP contribution < -0.4 is 4.90 Å². The zero-order valence-electron chi connectivity index (χ0n) is 9.39. The van der Waals surface area contributed by atoms with Crippen molar-refractivity contribution in [3.8, 4) is 0 Å². The predicted molar refractivity (Wildman–Crippen MR) is 61.3 cm³/mol. The molecule has 86 valence electrons. The van der Waals surface area contributed by atoms with Gasteiger partial charge in [0.05, 0.1) is 5.69 Å². The summed E-state index contributed by atoms with van der Waals surface area (Å²) in [6, 6.07) is 6.47. The van der Waals surface area contributed by atoms with Gasteiger partial charge in [-0.1, -0.05) is 12.1 Å². The fourth-order valence-electron chi connectivity index (χ4n) is 1.82. The molecular weight excluding hydrogens is 226 g/mol. The standard InChI is InChI=1S/C11H13NO3S/c1-11(2,3)12-8-6-4-5-7-9(8)16(14,15)10(12)13/h4-7H,1-3H3. The average molecular weight is 239 g/mol. The van der Waals surface area contributed by atoms with E-state index in [0.29, 0.717) is 5.69 Å². The lowest BCUT2D eigenvalue weighted by atomic mass is 10.1. The van der Waals surface area contributed by atoms with Crippen molar-refractivity contribution in [2.24, 2.45) is 0 Å². The number of fused-ring (bicyclic) bond motifs is 1. The van der Waals surface area contributed by atoms with Gasteiger partial charge in [0.25, 0.3) is 9.84 Å². The Labute approximate surface area is 94.8 Å². The topological polar surface area (TPSA) is 54.5 Å². The van der Waals surface area contributed by atoms with Crippen LogP contribution in [0.15, 0.2) is 29.2 Å². The van der Waals surface area contributed by atoms with E-state index in [9.17, 15) is 13.2 Å². The van der Waals surface area contributed by atoms with Crippen molar-refractivity contribution in [3.63, 3.8) is 0 Å². The minimum absolute atomic E-state index is 0.106. The van der Waals surface area contributed by atoms with Crippen LogP contribution in [0.25, 0.3) is 0 Å². The van der Waals surface area contributed by atoms with Gasteiger partial charge in [0.2, 0.25) is 0 Å². The number of carbonyl (C=O) groups excluding carboxylic acids is 1. The molecule has 1 aromatic carbocycles. The third-order valence-electron chi connectivity index (χ3n) is 2.48. The van der Waals surface area contributed by atoms with Crippen LogP contribution in [0.3, 0.4) is 0 Å². The first-order valence-electron chi connectivity index (χ1n) is 4.94. The van der Waals surface area contributed by atoms with E-state index < -0.39 is 20.6 Å². The molecule has 1 aromatic rings. The summed E-state index contributed by atoms with van der Waals surface area (Å²) in [7, 11) is -3.83. The van der Waals surface area contributed by atoms with Crippen molar-refractivity contribution in [2.75, 3.05) is 4.90 Å². The maximum atomic E-state index is 11.9. The molecule has 1 heterocycles. The van der Waals surface area contributed by atoms with Crippen molar-refractivity contribution in [1.82, 2.24) is 0 Å². The summed E-state index contributed by atoms with van der Waals surface area (Å²) >= 11 is 0. The molecule has 0 N–H and O–H groups in total. The van der Waals surface area contributed by atoms with Gasteiger partial charge in [-0.25, -0.2) is 8.42 Å². The molecule has 0 atom stereocenters. The van der Waals surface area contributed by atoms with Crippen molar-refractivity contribution in [1.29, 1.82) is 0 Å². The maximum Gasteiger partial charge on any atom is 0.348 e. The lowest BCUT2D eigenvalue weighted by molar-refractivity contribution is 0.259. The monoisotopic (exact) mass is 239 g/mol. The lowest BCUT2D eigenvalue weighted by Crippen LogP contribution is -2.44. The summed E-state index contributed by atoms with van der Waals surface area (Å²) in [6.07, 6.45) is 0. The van der Waals surface area contributed by atoms with Crippen molar-refractivity contribution >= 4 is 20.8 Å². The zero-order valence-corrected chi connectivity index (χ0v) is 10.2. The van der Waals surface area contributed by atoms with Crippen LogP contribution in [0.5, 0.6) is 0 Å². The van der Waals surface area contributed by atoms with E-state index >= 15 is 0 Å². The summed E-state index contributed by atoms with van der Waals surface area (Å²) in [4.78, 5) is 13.3. The summed E-state index contributed by atoms with van der Waals surface area (Å²) in [6.45, 7) is 5.42. The first kappa shape index (κ1) is 11.1. The Hall–Kier alpha value is -1.36. The Balaban J connectivity index is 2.76. The van der Waals surface area contributed by atoms with Gasteiger partial charge in [-0.05, 0) is 32.9 Å². The van der Waals surface area contributed by atoms with E-state index in [1.54, 1.807) is 18.2 Å². The second kappa shape index (κ2) is 3.07. The summed E-state index contributed by atoms with van der Waals surface area (Å²) in [5, 5.41) is -0.832. The second-order valence-electron chi connectivity index (χ2n) is 4.74. The lowest BCUT2D eigenvalue weighted by Gasteiger charge is -2.31. The molecular formula is C11H13NO3S. The molecule has 0 aliphatic carbocycles. The Bertz CT molecular complexity index is 555. The number of sulfone groups is 1. The molecule has 0 radical (unpaired) electrons. The SMILES string of the molecule is CC(C)(C)N1C(=O)S(=O)(=O)c2ccccc21. The van der Waals surface area contributed by atoms with Crippen molar-refractivity contribution in [3.05, 3.63) is 24.3 Å². The molecule has 5 heteroatoms. The first-order chi connectivity index (χ1) is 7.26. The van der Waals surface area contributed by atoms with Gasteiger partial charge in [0.15, 0.2) is 0 Å². The highest BCUT2D eigenvalue weighted by molar-refractivity contribution is 8.07. The van der Waals surface area contributed by atoms with Gasteiger partial charge in [-0.15, -0.1) is 0 Å². The average Bonchev–Trinajstić information content (AvgIpc) is 2.35. The number of benzene rings is 1. The van der Waals surface area contributed by atoms with Crippen LogP contribution in [-0.2, 0) is 9.84 Å². The molecule has 0 saturated carbocycles. The maximum absolute atomic E-state index is 11.9. The van der Waals surface area contributed by atoms with E-state index in [1.165, 1.54) is 11.0 Å². The highest BCUT2D eigenvalue weighted by atomic mass is 32.2. The second-order valence-corrected chi connectivity index (χ2v) is 6.54. The Morgan fingerprint density at radius 2 is 1.69 bits per heavy atom. The van der Waals surface area contributed by atoms with E-state index in [4.69, 9.17) is 0 Å². The minimum Gasteiger partial charge on any atom is -0.292 e. The number of amides is 1. The Morgan fingerprint density at radius 3 is 2.25 bits per heavy atom. The Kier molecular flexibility index (Phi) is 2.14. The molecule has 0 bridgehead atoms. The summed E-state index contributed by atoms with van der Waals surface area (Å²) < 4.78 is 23.7. The number of nitrogens with zero attached hydrogens (tertiary/aromatic N) is 1. The number of hydrogen-bond acceptors (Lipinski definition) is 3. The quantitative estimate of drug-likeness (QED) is 0.697. The van der Waals surface area contributed by atoms with Crippen LogP contribution in [0, 0.1) is 0 Å². The van der Waals surface area contributed by atoms with E-state index in [1.807, 2.05) is 20.8 Å². The highest BCUT2D eigenvalue weighted by Gasteiger charge is 2.46. The van der Waals surface area contributed by atoms with E-state index in [-0.39, 0.29) is 4.90 Å². The molecule has 0 aromatic heterocycles. The van der Waals surface area contributed by atoms with Gasteiger partial charge in [0, 0.05) is 5.54 Å². The molecule has 1 aliphatic rings. The van der Waals surface area contributed by atoms with Gasteiger partial charge in [0.1, 0.15) is 4.90 Å². The predicted octanol–water partition coefficient (Wildman–Crippen LogP) is 2.20. The van der Waals surface area contributed by atoms with Gasteiger partial charge in [-0.2, -0.15) is 0 Å². The molecule has 0 unspecified atom stereocenters. The molecule has 1 aliphatic heterocycles. The fraction of sp³-hybridized carbons (Fsp3) is 0.364. The van der Waals surface area contributed by atoms with E-state index in [2.05, 4.69) is 0 Å². The normalized spacial score (nSPS) is 18.7. The van der Waals surface area contributed by atoms with Crippen molar-refractivity contribution < 1.29 is 13.2 Å². The fourth-order valence-corrected chi connectivity index (χ4v) is 3.31. The van der Waals surface area contributed by atoms with Gasteiger partial charge in [-0.3, -0.25) is 9.69 Å². The molecule has 2 rings (SSSR count). The number of anilines is 1. The summed E-state index contributed by atoms with van der Waals surface area (Å²) in [5.41, 5.74) is -0.0727. The number of para-hydroxylation sites is 1. The third-order valence-corrected chi connectivity index (χ3v) is 4.05. The third kappa shape index (κ3) is 1.35. The Morgan fingerprint density at radius 1 is 1.12 bits per heavy atom.